The summed E-state index contributed by atoms with van der Waals surface area (Å²) in [7, 11) is 1.93. The number of hydrogen-bond donors (Lipinski definition) is 1. The van der Waals surface area contributed by atoms with Crippen molar-refractivity contribution in [3.63, 3.8) is 0 Å². The lowest BCUT2D eigenvalue weighted by Gasteiger charge is -2.11. The molecule has 1 heterocycles. The molecular weight excluding hydrogens is 344 g/mol. The molecule has 5 nitrogen and oxygen atoms in total. The van der Waals surface area contributed by atoms with Gasteiger partial charge in [-0.25, -0.2) is 0 Å². The van der Waals surface area contributed by atoms with Crippen molar-refractivity contribution in [2.45, 2.75) is 43.3 Å². The zero-order chi connectivity index (χ0) is 16.9. The number of thioether (sulfide) groups is 1. The van der Waals surface area contributed by atoms with Gasteiger partial charge < -0.3 is 9.88 Å². The van der Waals surface area contributed by atoms with Crippen LogP contribution in [0.3, 0.4) is 0 Å². The average Bonchev–Trinajstić information content (AvgIpc) is 3.19. The summed E-state index contributed by atoms with van der Waals surface area (Å²) in [6.07, 6.45) is 5.33. The van der Waals surface area contributed by atoms with Crippen molar-refractivity contribution < 1.29 is 4.79 Å². The van der Waals surface area contributed by atoms with Crippen LogP contribution >= 0.6 is 23.4 Å². The third kappa shape index (κ3) is 4.51. The summed E-state index contributed by atoms with van der Waals surface area (Å²) in [5.74, 6) is 1.33. The van der Waals surface area contributed by atoms with Gasteiger partial charge in [0.25, 0.3) is 0 Å². The number of aromatic nitrogens is 3. The number of nitrogens with one attached hydrogen (secondary N) is 1. The molecule has 3 rings (SSSR count). The van der Waals surface area contributed by atoms with E-state index in [1.165, 1.54) is 24.6 Å². The Hall–Kier alpha value is -1.53. The van der Waals surface area contributed by atoms with Crippen molar-refractivity contribution in [3.8, 4) is 0 Å². The van der Waals surface area contributed by atoms with Crippen LogP contribution in [0.1, 0.15) is 37.1 Å². The van der Waals surface area contributed by atoms with Crippen molar-refractivity contribution in [1.29, 1.82) is 0 Å². The van der Waals surface area contributed by atoms with Gasteiger partial charge in [-0.3, -0.25) is 4.79 Å². The van der Waals surface area contributed by atoms with Crippen molar-refractivity contribution in [3.05, 3.63) is 40.7 Å². The topological polar surface area (TPSA) is 59.8 Å². The Morgan fingerprint density at radius 3 is 2.71 bits per heavy atom. The van der Waals surface area contributed by atoms with Gasteiger partial charge in [0.1, 0.15) is 5.82 Å². The molecule has 1 fully saturated rings. The lowest BCUT2D eigenvalue weighted by atomic mass is 10.1. The summed E-state index contributed by atoms with van der Waals surface area (Å²) in [5, 5.41) is 13.0. The van der Waals surface area contributed by atoms with Gasteiger partial charge in [0, 0.05) is 24.5 Å². The third-order valence-electron chi connectivity index (χ3n) is 4.25. The van der Waals surface area contributed by atoms with E-state index in [1.807, 2.05) is 35.9 Å². The summed E-state index contributed by atoms with van der Waals surface area (Å²) >= 11 is 7.34. The van der Waals surface area contributed by atoms with E-state index < -0.39 is 0 Å². The van der Waals surface area contributed by atoms with Crippen LogP contribution in [0.5, 0.6) is 0 Å². The van der Waals surface area contributed by atoms with Crippen LogP contribution < -0.4 is 5.32 Å². The maximum absolute atomic E-state index is 12.0. The van der Waals surface area contributed by atoms with E-state index in [0.29, 0.717) is 18.2 Å². The van der Waals surface area contributed by atoms with Crippen LogP contribution in [0.25, 0.3) is 0 Å². The minimum atomic E-state index is 0.0779. The van der Waals surface area contributed by atoms with Crippen LogP contribution in [-0.2, 0) is 18.3 Å². The Morgan fingerprint density at radius 2 is 2.00 bits per heavy atom. The first-order valence-corrected chi connectivity index (χ1v) is 9.53. The van der Waals surface area contributed by atoms with E-state index in [1.54, 1.807) is 0 Å². The van der Waals surface area contributed by atoms with Crippen molar-refractivity contribution in [2.75, 3.05) is 5.75 Å². The Morgan fingerprint density at radius 1 is 1.29 bits per heavy atom. The predicted octanol–water partition coefficient (Wildman–Crippen LogP) is 3.21. The maximum atomic E-state index is 12.0. The molecule has 1 amide bonds. The molecule has 24 heavy (non-hydrogen) atoms. The maximum Gasteiger partial charge on any atom is 0.230 e. The number of benzene rings is 1. The van der Waals surface area contributed by atoms with Gasteiger partial charge in [0.15, 0.2) is 5.16 Å². The lowest BCUT2D eigenvalue weighted by Crippen LogP contribution is -2.33. The number of halogens is 1. The Labute approximate surface area is 151 Å². The summed E-state index contributed by atoms with van der Waals surface area (Å²) in [6.45, 7) is 0. The number of carbonyl (C=O) groups is 1. The van der Waals surface area contributed by atoms with Gasteiger partial charge in [-0.05, 0) is 30.5 Å². The molecule has 0 spiro atoms. The fourth-order valence-electron chi connectivity index (χ4n) is 2.88. The number of carbonyl (C=O) groups excluding carboxylic acids is 1. The van der Waals surface area contributed by atoms with Crippen LogP contribution in [0.15, 0.2) is 29.4 Å². The molecule has 2 aromatic rings. The predicted molar refractivity (Wildman–Crippen MR) is 96.4 cm³/mol. The van der Waals surface area contributed by atoms with E-state index >= 15 is 0 Å². The Balaban J connectivity index is 1.54. The lowest BCUT2D eigenvalue weighted by molar-refractivity contribution is -0.119. The smallest absolute Gasteiger partial charge is 0.230 e. The van der Waals surface area contributed by atoms with Crippen LogP contribution in [0, 0.1) is 0 Å². The highest BCUT2D eigenvalue weighted by molar-refractivity contribution is 7.99. The van der Waals surface area contributed by atoms with Gasteiger partial charge in [-0.15, -0.1) is 10.2 Å². The molecule has 1 aliphatic rings. The minimum absolute atomic E-state index is 0.0779. The van der Waals surface area contributed by atoms with Gasteiger partial charge in [0.05, 0.1) is 5.75 Å². The molecule has 1 aliphatic carbocycles. The van der Waals surface area contributed by atoms with E-state index in [9.17, 15) is 4.79 Å². The molecule has 0 bridgehead atoms. The summed E-state index contributed by atoms with van der Waals surface area (Å²) < 4.78 is 1.95. The molecule has 0 saturated heterocycles. The SMILES string of the molecule is Cn1c(Cc2ccc(Cl)cc2)nnc1SCC(=O)NC1CCCC1. The number of hydrogen-bond acceptors (Lipinski definition) is 4. The van der Waals surface area contributed by atoms with Crippen LogP contribution in [-0.4, -0.2) is 32.5 Å². The minimum Gasteiger partial charge on any atom is -0.353 e. The van der Waals surface area contributed by atoms with E-state index in [0.717, 1.165) is 34.4 Å². The van der Waals surface area contributed by atoms with Crippen LogP contribution in [0.4, 0.5) is 0 Å². The second-order valence-corrected chi connectivity index (χ2v) is 7.48. The molecule has 7 heteroatoms. The first-order chi connectivity index (χ1) is 11.6. The molecular formula is C17H21ClN4OS. The van der Waals surface area contributed by atoms with Crippen molar-refractivity contribution in [2.24, 2.45) is 7.05 Å². The highest BCUT2D eigenvalue weighted by atomic mass is 35.5. The molecule has 1 aromatic heterocycles. The molecule has 0 radical (unpaired) electrons. The van der Waals surface area contributed by atoms with Crippen molar-refractivity contribution in [1.82, 2.24) is 20.1 Å². The summed E-state index contributed by atoms with van der Waals surface area (Å²) in [5.41, 5.74) is 1.13. The summed E-state index contributed by atoms with van der Waals surface area (Å²) in [4.78, 5) is 12.0. The highest BCUT2D eigenvalue weighted by Gasteiger charge is 2.18. The molecule has 0 unspecified atom stereocenters. The zero-order valence-electron chi connectivity index (χ0n) is 13.7. The summed E-state index contributed by atoms with van der Waals surface area (Å²) in [6, 6.07) is 8.07. The fraction of sp³-hybridized carbons (Fsp3) is 0.471. The standard InChI is InChI=1S/C17H21ClN4OS/c1-22-15(10-12-6-8-13(18)9-7-12)20-21-17(22)24-11-16(23)19-14-4-2-3-5-14/h6-9,14H,2-5,10-11H2,1H3,(H,19,23). The fourth-order valence-corrected chi connectivity index (χ4v) is 3.75. The average molecular weight is 365 g/mol. The Kier molecular flexibility index (Phi) is 5.79. The van der Waals surface area contributed by atoms with E-state index in [4.69, 9.17) is 11.6 Å². The molecule has 1 aromatic carbocycles. The monoisotopic (exact) mass is 364 g/mol. The van der Waals surface area contributed by atoms with Gasteiger partial charge in [-0.1, -0.05) is 48.3 Å². The molecule has 0 aliphatic heterocycles. The third-order valence-corrected chi connectivity index (χ3v) is 5.53. The molecule has 1 N–H and O–H groups in total. The zero-order valence-corrected chi connectivity index (χ0v) is 15.2. The quantitative estimate of drug-likeness (QED) is 0.799. The number of amides is 1. The van der Waals surface area contributed by atoms with E-state index in [2.05, 4.69) is 15.5 Å². The van der Waals surface area contributed by atoms with E-state index in [-0.39, 0.29) is 5.91 Å². The second-order valence-electron chi connectivity index (χ2n) is 6.10. The van der Waals surface area contributed by atoms with Gasteiger partial charge in [0.2, 0.25) is 5.91 Å². The first-order valence-electron chi connectivity index (χ1n) is 8.16. The Bertz CT molecular complexity index is 695. The second kappa shape index (κ2) is 8.03. The molecule has 128 valence electrons. The van der Waals surface area contributed by atoms with Gasteiger partial charge in [-0.2, -0.15) is 0 Å². The largest absolute Gasteiger partial charge is 0.353 e. The van der Waals surface area contributed by atoms with Gasteiger partial charge >= 0.3 is 0 Å². The highest BCUT2D eigenvalue weighted by Crippen LogP contribution is 2.20. The normalized spacial score (nSPS) is 14.9. The molecule has 1 saturated carbocycles. The number of rotatable bonds is 6. The molecule has 0 atom stereocenters. The van der Waals surface area contributed by atoms with Crippen molar-refractivity contribution >= 4 is 29.3 Å². The van der Waals surface area contributed by atoms with Crippen LogP contribution in [0.2, 0.25) is 5.02 Å². The number of nitrogens with zero attached hydrogens (tertiary/aromatic N) is 3. The first kappa shape index (κ1) is 17.3.